The van der Waals surface area contributed by atoms with Crippen LogP contribution in [-0.2, 0) is 16.6 Å². The van der Waals surface area contributed by atoms with E-state index in [9.17, 15) is 19.2 Å². The summed E-state index contributed by atoms with van der Waals surface area (Å²) in [6, 6.07) is 6.54. The summed E-state index contributed by atoms with van der Waals surface area (Å²) in [5, 5.41) is 9.43. The van der Waals surface area contributed by atoms with Crippen LogP contribution in [0.4, 0.5) is 5.69 Å². The third-order valence-electron chi connectivity index (χ3n) is 4.66. The molecule has 0 unspecified atom stereocenters. The van der Waals surface area contributed by atoms with Gasteiger partial charge in [0.15, 0.2) is 0 Å². The number of fused-ring (bicyclic) bond motifs is 1. The summed E-state index contributed by atoms with van der Waals surface area (Å²) in [5.74, 6) is -1.62. The first-order valence-electron chi connectivity index (χ1n) is 8.81. The Hall–Kier alpha value is -3.49. The standard InChI is InChI=1S/C19H21N5O4/c1-11-17(12(2)23(3)22-11)21-16(26)10-20-15(25)8-9-24-18(27)13-6-4-5-7-14(13)19(24)28/h4-7H,8-10H2,1-3H3,(H,20,25)(H,21,26). The van der Waals surface area contributed by atoms with Gasteiger partial charge in [-0.15, -0.1) is 0 Å². The maximum absolute atomic E-state index is 12.3. The minimum atomic E-state index is -0.425. The van der Waals surface area contributed by atoms with Gasteiger partial charge in [0, 0.05) is 20.0 Å². The number of benzene rings is 1. The minimum absolute atomic E-state index is 0.0411. The molecule has 9 heteroatoms. The van der Waals surface area contributed by atoms with Gasteiger partial charge >= 0.3 is 0 Å². The molecule has 146 valence electrons. The average Bonchev–Trinajstić information content (AvgIpc) is 3.06. The lowest BCUT2D eigenvalue weighted by Gasteiger charge is -2.13. The summed E-state index contributed by atoms with van der Waals surface area (Å²) in [7, 11) is 1.78. The van der Waals surface area contributed by atoms with Gasteiger partial charge in [-0.3, -0.25) is 28.8 Å². The van der Waals surface area contributed by atoms with Crippen molar-refractivity contribution in [1.29, 1.82) is 0 Å². The van der Waals surface area contributed by atoms with E-state index in [0.29, 0.717) is 22.5 Å². The Kier molecular flexibility index (Phi) is 5.25. The van der Waals surface area contributed by atoms with Gasteiger partial charge in [-0.05, 0) is 26.0 Å². The number of carbonyl (C=O) groups excluding carboxylic acids is 4. The Morgan fingerprint density at radius 1 is 1.04 bits per heavy atom. The number of anilines is 1. The van der Waals surface area contributed by atoms with Crippen LogP contribution in [0.25, 0.3) is 0 Å². The van der Waals surface area contributed by atoms with Crippen LogP contribution in [0, 0.1) is 13.8 Å². The molecule has 9 nitrogen and oxygen atoms in total. The molecule has 0 fully saturated rings. The van der Waals surface area contributed by atoms with Crippen LogP contribution >= 0.6 is 0 Å². The molecule has 2 aromatic rings. The number of aromatic nitrogens is 2. The quantitative estimate of drug-likeness (QED) is 0.716. The summed E-state index contributed by atoms with van der Waals surface area (Å²) in [6.45, 7) is 3.36. The average molecular weight is 383 g/mol. The van der Waals surface area contributed by atoms with Crippen molar-refractivity contribution < 1.29 is 19.2 Å². The van der Waals surface area contributed by atoms with E-state index in [2.05, 4.69) is 15.7 Å². The lowest BCUT2D eigenvalue weighted by atomic mass is 10.1. The predicted octanol–water partition coefficient (Wildman–Crippen LogP) is 0.778. The van der Waals surface area contributed by atoms with Crippen LogP contribution in [0.2, 0.25) is 0 Å². The monoisotopic (exact) mass is 383 g/mol. The third-order valence-corrected chi connectivity index (χ3v) is 4.66. The Labute approximate surface area is 161 Å². The number of aryl methyl sites for hydroxylation is 2. The number of nitrogens with zero attached hydrogens (tertiary/aromatic N) is 3. The molecule has 1 aromatic carbocycles. The van der Waals surface area contributed by atoms with Crippen LogP contribution in [0.15, 0.2) is 24.3 Å². The number of nitrogens with one attached hydrogen (secondary N) is 2. The summed E-state index contributed by atoms with van der Waals surface area (Å²) in [6.07, 6.45) is -0.0797. The molecule has 1 aliphatic heterocycles. The molecule has 1 aliphatic rings. The van der Waals surface area contributed by atoms with Crippen molar-refractivity contribution in [3.05, 3.63) is 46.8 Å². The molecule has 1 aromatic heterocycles. The number of hydrogen-bond donors (Lipinski definition) is 2. The van der Waals surface area contributed by atoms with Gasteiger partial charge in [0.05, 0.1) is 34.7 Å². The van der Waals surface area contributed by atoms with Crippen molar-refractivity contribution in [2.45, 2.75) is 20.3 Å². The van der Waals surface area contributed by atoms with E-state index in [1.165, 1.54) is 0 Å². The molecule has 0 bridgehead atoms. The van der Waals surface area contributed by atoms with Crippen LogP contribution in [0.1, 0.15) is 38.5 Å². The Morgan fingerprint density at radius 3 is 2.18 bits per heavy atom. The van der Waals surface area contributed by atoms with E-state index in [-0.39, 0.29) is 25.4 Å². The topological polar surface area (TPSA) is 113 Å². The zero-order valence-corrected chi connectivity index (χ0v) is 15.9. The number of carbonyl (C=O) groups is 4. The van der Waals surface area contributed by atoms with E-state index < -0.39 is 17.7 Å². The predicted molar refractivity (Wildman–Crippen MR) is 101 cm³/mol. The van der Waals surface area contributed by atoms with Gasteiger partial charge in [0.2, 0.25) is 11.8 Å². The maximum Gasteiger partial charge on any atom is 0.261 e. The van der Waals surface area contributed by atoms with Gasteiger partial charge in [-0.1, -0.05) is 12.1 Å². The number of hydrogen-bond acceptors (Lipinski definition) is 5. The molecule has 2 N–H and O–H groups in total. The van der Waals surface area contributed by atoms with Crippen LogP contribution in [0.5, 0.6) is 0 Å². The molecular weight excluding hydrogens is 362 g/mol. The third kappa shape index (κ3) is 3.64. The van der Waals surface area contributed by atoms with Crippen molar-refractivity contribution in [3.8, 4) is 0 Å². The first-order chi connectivity index (χ1) is 13.3. The SMILES string of the molecule is Cc1nn(C)c(C)c1NC(=O)CNC(=O)CCN1C(=O)c2ccccc2C1=O. The van der Waals surface area contributed by atoms with Gasteiger partial charge in [0.1, 0.15) is 0 Å². The molecule has 0 saturated heterocycles. The Bertz CT molecular complexity index is 944. The fourth-order valence-electron chi connectivity index (χ4n) is 3.06. The van der Waals surface area contributed by atoms with E-state index in [1.807, 2.05) is 6.92 Å². The summed E-state index contributed by atoms with van der Waals surface area (Å²) < 4.78 is 1.66. The molecule has 0 saturated carbocycles. The fraction of sp³-hybridized carbons (Fsp3) is 0.316. The van der Waals surface area contributed by atoms with Gasteiger partial charge in [-0.2, -0.15) is 5.10 Å². The molecule has 0 spiro atoms. The zero-order valence-electron chi connectivity index (χ0n) is 15.9. The number of rotatable bonds is 6. The van der Waals surface area contributed by atoms with Crippen LogP contribution in [-0.4, -0.2) is 51.4 Å². The molecule has 0 radical (unpaired) electrons. The van der Waals surface area contributed by atoms with Gasteiger partial charge in [0.25, 0.3) is 11.8 Å². The van der Waals surface area contributed by atoms with Crippen LogP contribution in [0.3, 0.4) is 0 Å². The van der Waals surface area contributed by atoms with Crippen molar-refractivity contribution in [2.75, 3.05) is 18.4 Å². The lowest BCUT2D eigenvalue weighted by Crippen LogP contribution is -2.37. The second-order valence-corrected chi connectivity index (χ2v) is 6.55. The molecule has 0 aliphatic carbocycles. The molecule has 0 atom stereocenters. The number of imide groups is 1. The van der Waals surface area contributed by atoms with E-state index >= 15 is 0 Å². The first-order valence-corrected chi connectivity index (χ1v) is 8.81. The second kappa shape index (κ2) is 7.63. The Balaban J connectivity index is 1.48. The van der Waals surface area contributed by atoms with E-state index in [0.717, 1.165) is 10.6 Å². The van der Waals surface area contributed by atoms with Crippen molar-refractivity contribution in [2.24, 2.45) is 7.05 Å². The number of amides is 4. The summed E-state index contributed by atoms with van der Waals surface area (Å²) in [4.78, 5) is 49.6. The summed E-state index contributed by atoms with van der Waals surface area (Å²) in [5.41, 5.74) is 2.80. The highest BCUT2D eigenvalue weighted by molar-refractivity contribution is 6.21. The molecule has 4 amide bonds. The van der Waals surface area contributed by atoms with Gasteiger partial charge in [-0.25, -0.2) is 0 Å². The Morgan fingerprint density at radius 2 is 1.64 bits per heavy atom. The molecule has 3 rings (SSSR count). The van der Waals surface area contributed by atoms with Crippen molar-refractivity contribution in [1.82, 2.24) is 20.0 Å². The first kappa shape index (κ1) is 19.3. The molecular formula is C19H21N5O4. The second-order valence-electron chi connectivity index (χ2n) is 6.55. The normalized spacial score (nSPS) is 12.9. The smallest absolute Gasteiger partial charge is 0.261 e. The highest BCUT2D eigenvalue weighted by Gasteiger charge is 2.34. The lowest BCUT2D eigenvalue weighted by molar-refractivity contribution is -0.124. The zero-order chi connectivity index (χ0) is 20.4. The van der Waals surface area contributed by atoms with E-state index in [4.69, 9.17) is 0 Å². The van der Waals surface area contributed by atoms with Crippen molar-refractivity contribution >= 4 is 29.3 Å². The maximum atomic E-state index is 12.3. The fourth-order valence-corrected chi connectivity index (χ4v) is 3.06. The largest absolute Gasteiger partial charge is 0.347 e. The van der Waals surface area contributed by atoms with Gasteiger partial charge < -0.3 is 10.6 Å². The molecule has 2 heterocycles. The highest BCUT2D eigenvalue weighted by Crippen LogP contribution is 2.22. The molecule has 28 heavy (non-hydrogen) atoms. The minimum Gasteiger partial charge on any atom is -0.347 e. The highest BCUT2D eigenvalue weighted by atomic mass is 16.2. The summed E-state index contributed by atoms with van der Waals surface area (Å²) >= 11 is 0. The van der Waals surface area contributed by atoms with Crippen molar-refractivity contribution in [3.63, 3.8) is 0 Å². The van der Waals surface area contributed by atoms with Crippen LogP contribution < -0.4 is 10.6 Å². The van der Waals surface area contributed by atoms with E-state index in [1.54, 1.807) is 42.9 Å².